The van der Waals surface area contributed by atoms with E-state index in [0.717, 1.165) is 25.0 Å². The van der Waals surface area contributed by atoms with Crippen LogP contribution in [-0.2, 0) is 11.8 Å². The maximum atomic E-state index is 12.5. The summed E-state index contributed by atoms with van der Waals surface area (Å²) in [6, 6.07) is 1.69. The summed E-state index contributed by atoms with van der Waals surface area (Å²) in [5.74, 6) is -1.24. The number of aliphatic carboxylic acids is 1. The molecule has 1 heterocycles. The van der Waals surface area contributed by atoms with Gasteiger partial charge in [0.1, 0.15) is 5.54 Å². The molecule has 0 bridgehead atoms. The second-order valence-corrected chi connectivity index (χ2v) is 5.56. The van der Waals surface area contributed by atoms with Gasteiger partial charge < -0.3 is 10.0 Å². The molecule has 1 amide bonds. The molecule has 20 heavy (non-hydrogen) atoms. The quantitative estimate of drug-likeness (QED) is 0.911. The molecule has 1 aromatic heterocycles. The first-order chi connectivity index (χ1) is 9.38. The third-order valence-corrected chi connectivity index (χ3v) is 4.36. The number of rotatable bonds is 3. The fourth-order valence-electron chi connectivity index (χ4n) is 2.86. The van der Waals surface area contributed by atoms with Gasteiger partial charge in [0.05, 0.1) is 0 Å². The highest BCUT2D eigenvalue weighted by molar-refractivity contribution is 5.96. The van der Waals surface area contributed by atoms with Gasteiger partial charge in [-0.25, -0.2) is 4.79 Å². The van der Waals surface area contributed by atoms with Crippen molar-refractivity contribution in [2.75, 3.05) is 7.05 Å². The average Bonchev–Trinajstić information content (AvgIpc) is 2.77. The minimum atomic E-state index is -1.08. The van der Waals surface area contributed by atoms with Crippen LogP contribution >= 0.6 is 0 Å². The van der Waals surface area contributed by atoms with E-state index in [1.54, 1.807) is 24.8 Å². The molecule has 0 aromatic carbocycles. The molecule has 0 unspecified atom stereocenters. The van der Waals surface area contributed by atoms with Crippen molar-refractivity contribution in [3.63, 3.8) is 0 Å². The lowest BCUT2D eigenvalue weighted by atomic mass is 9.80. The molecule has 1 aliphatic carbocycles. The Morgan fingerprint density at radius 1 is 1.35 bits per heavy atom. The van der Waals surface area contributed by atoms with Crippen LogP contribution in [0.25, 0.3) is 0 Å². The van der Waals surface area contributed by atoms with Gasteiger partial charge in [0.2, 0.25) is 0 Å². The molecule has 0 saturated heterocycles. The minimum Gasteiger partial charge on any atom is -0.479 e. The first kappa shape index (κ1) is 14.6. The summed E-state index contributed by atoms with van der Waals surface area (Å²) in [6.45, 7) is 1.86. The molecule has 1 aliphatic rings. The lowest BCUT2D eigenvalue weighted by molar-refractivity contribution is -0.151. The van der Waals surface area contributed by atoms with Crippen molar-refractivity contribution >= 4 is 11.9 Å². The number of aryl methyl sites for hydroxylation is 2. The number of aromatic nitrogens is 2. The van der Waals surface area contributed by atoms with Crippen molar-refractivity contribution in [2.45, 2.75) is 44.6 Å². The van der Waals surface area contributed by atoms with E-state index in [1.807, 2.05) is 6.92 Å². The number of carboxylic acids is 1. The second kappa shape index (κ2) is 5.26. The molecule has 1 saturated carbocycles. The van der Waals surface area contributed by atoms with Gasteiger partial charge in [-0.3, -0.25) is 9.48 Å². The highest BCUT2D eigenvalue weighted by Gasteiger charge is 2.46. The topological polar surface area (TPSA) is 75.4 Å². The van der Waals surface area contributed by atoms with Crippen molar-refractivity contribution in [3.05, 3.63) is 17.5 Å². The van der Waals surface area contributed by atoms with E-state index in [-0.39, 0.29) is 5.91 Å². The lowest BCUT2D eigenvalue weighted by Gasteiger charge is -2.40. The zero-order valence-corrected chi connectivity index (χ0v) is 12.2. The van der Waals surface area contributed by atoms with E-state index in [4.69, 9.17) is 0 Å². The van der Waals surface area contributed by atoms with Crippen LogP contribution in [0.4, 0.5) is 0 Å². The number of carbonyl (C=O) groups excluding carboxylic acids is 1. The number of nitrogens with zero attached hydrogens (tertiary/aromatic N) is 3. The van der Waals surface area contributed by atoms with Crippen molar-refractivity contribution in [2.24, 2.45) is 7.05 Å². The normalized spacial score (nSPS) is 17.8. The van der Waals surface area contributed by atoms with E-state index in [9.17, 15) is 14.7 Å². The Kier molecular flexibility index (Phi) is 3.83. The third kappa shape index (κ3) is 2.30. The summed E-state index contributed by atoms with van der Waals surface area (Å²) in [4.78, 5) is 25.6. The van der Waals surface area contributed by atoms with Crippen LogP contribution in [-0.4, -0.2) is 44.3 Å². The number of carbonyl (C=O) groups is 2. The Morgan fingerprint density at radius 2 is 1.95 bits per heavy atom. The van der Waals surface area contributed by atoms with Crippen LogP contribution in [0.3, 0.4) is 0 Å². The summed E-state index contributed by atoms with van der Waals surface area (Å²) in [5, 5.41) is 13.7. The molecule has 1 aromatic rings. The van der Waals surface area contributed by atoms with Crippen LogP contribution in [0, 0.1) is 6.92 Å². The summed E-state index contributed by atoms with van der Waals surface area (Å²) >= 11 is 0. The Hall–Kier alpha value is -1.85. The largest absolute Gasteiger partial charge is 0.479 e. The van der Waals surface area contributed by atoms with Crippen molar-refractivity contribution in [1.29, 1.82) is 0 Å². The summed E-state index contributed by atoms with van der Waals surface area (Å²) in [7, 11) is 3.34. The number of carboxylic acid groups (broad SMARTS) is 1. The molecule has 1 N–H and O–H groups in total. The molecule has 0 spiro atoms. The molecule has 0 atom stereocenters. The third-order valence-electron chi connectivity index (χ3n) is 4.36. The number of likely N-dealkylation sites (N-methyl/N-ethyl adjacent to an activating group) is 1. The van der Waals surface area contributed by atoms with Crippen molar-refractivity contribution in [1.82, 2.24) is 14.7 Å². The number of amides is 1. The molecular formula is C14H21N3O3. The second-order valence-electron chi connectivity index (χ2n) is 5.56. The molecule has 0 aliphatic heterocycles. The molecule has 0 radical (unpaired) electrons. The van der Waals surface area contributed by atoms with Crippen LogP contribution in [0.1, 0.15) is 48.3 Å². The molecule has 6 heteroatoms. The molecule has 2 rings (SSSR count). The van der Waals surface area contributed by atoms with E-state index >= 15 is 0 Å². The van der Waals surface area contributed by atoms with E-state index < -0.39 is 11.5 Å². The molecule has 110 valence electrons. The van der Waals surface area contributed by atoms with Gasteiger partial charge in [-0.15, -0.1) is 0 Å². The van der Waals surface area contributed by atoms with Crippen LogP contribution in [0.5, 0.6) is 0 Å². The zero-order chi connectivity index (χ0) is 14.9. The van der Waals surface area contributed by atoms with Gasteiger partial charge in [0.25, 0.3) is 5.91 Å². The van der Waals surface area contributed by atoms with Crippen molar-refractivity contribution in [3.8, 4) is 0 Å². The highest BCUT2D eigenvalue weighted by Crippen LogP contribution is 2.34. The van der Waals surface area contributed by atoms with Crippen molar-refractivity contribution < 1.29 is 14.7 Å². The maximum Gasteiger partial charge on any atom is 0.329 e. The fraction of sp³-hybridized carbons (Fsp3) is 0.643. The van der Waals surface area contributed by atoms with Gasteiger partial charge in [0.15, 0.2) is 5.69 Å². The Morgan fingerprint density at radius 3 is 2.40 bits per heavy atom. The predicted molar refractivity (Wildman–Crippen MR) is 73.5 cm³/mol. The number of hydrogen-bond acceptors (Lipinski definition) is 3. The Balaban J connectivity index is 2.29. The average molecular weight is 279 g/mol. The molecule has 1 fully saturated rings. The fourth-order valence-corrected chi connectivity index (χ4v) is 2.86. The van der Waals surface area contributed by atoms with Gasteiger partial charge in [0, 0.05) is 19.8 Å². The molecule has 6 nitrogen and oxygen atoms in total. The maximum absolute atomic E-state index is 12.5. The van der Waals surface area contributed by atoms with E-state index in [0.29, 0.717) is 18.5 Å². The summed E-state index contributed by atoms with van der Waals surface area (Å²) < 4.78 is 1.62. The van der Waals surface area contributed by atoms with Crippen LogP contribution in [0.2, 0.25) is 0 Å². The minimum absolute atomic E-state index is 0.304. The first-order valence-electron chi connectivity index (χ1n) is 6.91. The summed E-state index contributed by atoms with van der Waals surface area (Å²) in [6.07, 6.45) is 3.73. The SMILES string of the molecule is Cc1cc(C(=O)N(C)C2(C(=O)O)CCCCC2)nn1C. The van der Waals surface area contributed by atoms with Gasteiger partial charge in [-0.05, 0) is 25.8 Å². The monoisotopic (exact) mass is 279 g/mol. The van der Waals surface area contributed by atoms with E-state index in [1.165, 1.54) is 4.90 Å². The van der Waals surface area contributed by atoms with Gasteiger partial charge >= 0.3 is 5.97 Å². The smallest absolute Gasteiger partial charge is 0.329 e. The Bertz CT molecular complexity index is 510. The summed E-state index contributed by atoms with van der Waals surface area (Å²) in [5.41, 5.74) is 0.0919. The van der Waals surface area contributed by atoms with Crippen LogP contribution < -0.4 is 0 Å². The highest BCUT2D eigenvalue weighted by atomic mass is 16.4. The van der Waals surface area contributed by atoms with Crippen LogP contribution in [0.15, 0.2) is 6.07 Å². The molecular weight excluding hydrogens is 258 g/mol. The Labute approximate surface area is 118 Å². The first-order valence-corrected chi connectivity index (χ1v) is 6.91. The lowest BCUT2D eigenvalue weighted by Crippen LogP contribution is -2.56. The predicted octanol–water partition coefficient (Wildman–Crippen LogP) is 1.59. The van der Waals surface area contributed by atoms with Gasteiger partial charge in [-0.2, -0.15) is 5.10 Å². The number of hydrogen-bond donors (Lipinski definition) is 1. The van der Waals surface area contributed by atoms with E-state index in [2.05, 4.69) is 5.10 Å². The standard InChI is InChI=1S/C14H21N3O3/c1-10-9-11(15-17(10)3)12(18)16(2)14(13(19)20)7-5-4-6-8-14/h9H,4-8H2,1-3H3,(H,19,20). The zero-order valence-electron chi connectivity index (χ0n) is 12.2. The van der Waals surface area contributed by atoms with Gasteiger partial charge in [-0.1, -0.05) is 19.3 Å².